The van der Waals surface area contributed by atoms with Crippen molar-refractivity contribution in [3.05, 3.63) is 52.0 Å². The molecule has 4 rings (SSSR count). The predicted octanol–water partition coefficient (Wildman–Crippen LogP) is 4.73. The van der Waals surface area contributed by atoms with Gasteiger partial charge in [-0.2, -0.15) is 0 Å². The molecule has 1 aromatic carbocycles. The summed E-state index contributed by atoms with van der Waals surface area (Å²) in [7, 11) is 0. The SMILES string of the molecule is CC1OC2(CCN(CC(Cc3cscn3)C(=O)OC(C)(C)C)CC2)c2ccccc21. The summed E-state index contributed by atoms with van der Waals surface area (Å²) < 4.78 is 12.2. The van der Waals surface area contributed by atoms with Gasteiger partial charge in [-0.15, -0.1) is 11.3 Å². The average Bonchev–Trinajstić information content (AvgIpc) is 3.29. The van der Waals surface area contributed by atoms with E-state index in [1.165, 1.54) is 11.1 Å². The lowest BCUT2D eigenvalue weighted by molar-refractivity contribution is -0.161. The minimum absolute atomic E-state index is 0.133. The third-order valence-electron chi connectivity index (χ3n) is 6.11. The monoisotopic (exact) mass is 428 g/mol. The van der Waals surface area contributed by atoms with Gasteiger partial charge in [-0.1, -0.05) is 24.3 Å². The van der Waals surface area contributed by atoms with Gasteiger partial charge in [0.25, 0.3) is 0 Å². The number of nitrogens with zero attached hydrogens (tertiary/aromatic N) is 2. The molecule has 2 aliphatic rings. The van der Waals surface area contributed by atoms with Crippen LogP contribution in [0.2, 0.25) is 0 Å². The molecule has 2 unspecified atom stereocenters. The minimum atomic E-state index is -0.485. The van der Waals surface area contributed by atoms with Gasteiger partial charge >= 0.3 is 5.97 Å². The number of hydrogen-bond donors (Lipinski definition) is 0. The molecule has 0 N–H and O–H groups in total. The Kier molecular flexibility index (Phi) is 6.02. The van der Waals surface area contributed by atoms with E-state index in [9.17, 15) is 4.79 Å². The van der Waals surface area contributed by atoms with Crippen LogP contribution < -0.4 is 0 Å². The van der Waals surface area contributed by atoms with E-state index in [0.717, 1.165) is 31.6 Å². The molecular weight excluding hydrogens is 396 g/mol. The first kappa shape index (κ1) is 21.5. The number of ether oxygens (including phenoxy) is 2. The van der Waals surface area contributed by atoms with Crippen LogP contribution in [0.25, 0.3) is 0 Å². The molecule has 162 valence electrons. The highest BCUT2D eigenvalue weighted by Gasteiger charge is 2.45. The summed E-state index contributed by atoms with van der Waals surface area (Å²) in [5, 5.41) is 2.02. The molecule has 30 heavy (non-hydrogen) atoms. The summed E-state index contributed by atoms with van der Waals surface area (Å²) in [5.41, 5.74) is 4.79. The highest BCUT2D eigenvalue weighted by atomic mass is 32.1. The van der Waals surface area contributed by atoms with Gasteiger partial charge in [0.15, 0.2) is 0 Å². The number of carbonyl (C=O) groups is 1. The number of piperidine rings is 1. The largest absolute Gasteiger partial charge is 0.460 e. The second kappa shape index (κ2) is 8.40. The molecule has 0 amide bonds. The van der Waals surface area contributed by atoms with Gasteiger partial charge in [-0.25, -0.2) is 4.98 Å². The number of esters is 1. The number of aromatic nitrogens is 1. The maximum absolute atomic E-state index is 12.9. The molecule has 0 saturated carbocycles. The first-order valence-corrected chi connectivity index (χ1v) is 11.8. The maximum Gasteiger partial charge on any atom is 0.311 e. The van der Waals surface area contributed by atoms with Crippen LogP contribution in [-0.4, -0.2) is 41.1 Å². The third-order valence-corrected chi connectivity index (χ3v) is 6.75. The van der Waals surface area contributed by atoms with Crippen molar-refractivity contribution in [1.82, 2.24) is 9.88 Å². The Labute approximate surface area is 183 Å². The summed E-state index contributed by atoms with van der Waals surface area (Å²) >= 11 is 1.57. The molecule has 1 fully saturated rings. The van der Waals surface area contributed by atoms with Crippen molar-refractivity contribution >= 4 is 17.3 Å². The molecule has 6 heteroatoms. The van der Waals surface area contributed by atoms with E-state index in [-0.39, 0.29) is 23.6 Å². The van der Waals surface area contributed by atoms with Crippen molar-refractivity contribution in [2.45, 2.75) is 64.3 Å². The van der Waals surface area contributed by atoms with Crippen molar-refractivity contribution in [1.29, 1.82) is 0 Å². The molecule has 0 aliphatic carbocycles. The van der Waals surface area contributed by atoms with Gasteiger partial charge in [0, 0.05) is 31.4 Å². The molecule has 1 saturated heterocycles. The third kappa shape index (κ3) is 4.61. The maximum atomic E-state index is 12.9. The highest BCUT2D eigenvalue weighted by molar-refractivity contribution is 7.07. The number of thiazole rings is 1. The first-order chi connectivity index (χ1) is 14.3. The molecule has 2 atom stereocenters. The van der Waals surface area contributed by atoms with Crippen molar-refractivity contribution < 1.29 is 14.3 Å². The molecule has 3 heterocycles. The fourth-order valence-electron chi connectivity index (χ4n) is 4.73. The number of likely N-dealkylation sites (tertiary alicyclic amines) is 1. The van der Waals surface area contributed by atoms with E-state index in [0.29, 0.717) is 13.0 Å². The topological polar surface area (TPSA) is 51.7 Å². The lowest BCUT2D eigenvalue weighted by Crippen LogP contribution is -2.46. The number of carbonyl (C=O) groups excluding carboxylic acids is 1. The van der Waals surface area contributed by atoms with E-state index >= 15 is 0 Å². The van der Waals surface area contributed by atoms with Crippen LogP contribution in [0.5, 0.6) is 0 Å². The van der Waals surface area contributed by atoms with E-state index in [4.69, 9.17) is 9.47 Å². The van der Waals surface area contributed by atoms with Crippen LogP contribution in [0.3, 0.4) is 0 Å². The molecule has 1 aromatic heterocycles. The molecule has 5 nitrogen and oxygen atoms in total. The predicted molar refractivity (Wildman–Crippen MR) is 118 cm³/mol. The van der Waals surface area contributed by atoms with Gasteiger partial charge < -0.3 is 14.4 Å². The number of benzene rings is 1. The summed E-state index contributed by atoms with van der Waals surface area (Å²) in [4.78, 5) is 19.7. The molecule has 1 spiro atoms. The van der Waals surface area contributed by atoms with Gasteiger partial charge in [0.05, 0.1) is 28.8 Å². The average molecular weight is 429 g/mol. The Morgan fingerprint density at radius 1 is 1.33 bits per heavy atom. The second-order valence-electron chi connectivity index (χ2n) is 9.56. The van der Waals surface area contributed by atoms with E-state index < -0.39 is 5.60 Å². The van der Waals surface area contributed by atoms with Crippen molar-refractivity contribution in [3.8, 4) is 0 Å². The quantitative estimate of drug-likeness (QED) is 0.645. The summed E-state index contributed by atoms with van der Waals surface area (Å²) in [5.74, 6) is -0.344. The number of hydrogen-bond acceptors (Lipinski definition) is 6. The van der Waals surface area contributed by atoms with Crippen molar-refractivity contribution in [2.24, 2.45) is 5.92 Å². The summed E-state index contributed by atoms with van der Waals surface area (Å²) in [6.45, 7) is 10.4. The Morgan fingerprint density at radius 2 is 2.07 bits per heavy atom. The normalized spacial score (nSPS) is 22.1. The van der Waals surface area contributed by atoms with Crippen molar-refractivity contribution in [2.75, 3.05) is 19.6 Å². The zero-order valence-electron chi connectivity index (χ0n) is 18.4. The second-order valence-corrected chi connectivity index (χ2v) is 10.3. The molecular formula is C24H32N2O3S. The number of fused-ring (bicyclic) bond motifs is 2. The Morgan fingerprint density at radius 3 is 2.73 bits per heavy atom. The molecule has 0 radical (unpaired) electrons. The number of rotatable bonds is 5. The zero-order valence-corrected chi connectivity index (χ0v) is 19.2. The van der Waals surface area contributed by atoms with Crippen LogP contribution in [0.1, 0.15) is 63.5 Å². The van der Waals surface area contributed by atoms with E-state index in [1.54, 1.807) is 11.3 Å². The molecule has 0 bridgehead atoms. The molecule has 2 aliphatic heterocycles. The summed E-state index contributed by atoms with van der Waals surface area (Å²) in [6.07, 6.45) is 2.67. The lowest BCUT2D eigenvalue weighted by atomic mass is 9.83. The van der Waals surface area contributed by atoms with Crippen LogP contribution in [0.15, 0.2) is 35.2 Å². The minimum Gasteiger partial charge on any atom is -0.460 e. The van der Waals surface area contributed by atoms with Crippen molar-refractivity contribution in [3.63, 3.8) is 0 Å². The summed E-state index contributed by atoms with van der Waals surface area (Å²) in [6, 6.07) is 8.62. The van der Waals surface area contributed by atoms with Crippen LogP contribution in [0, 0.1) is 5.92 Å². The van der Waals surface area contributed by atoms with Crippen LogP contribution in [0.4, 0.5) is 0 Å². The smallest absolute Gasteiger partial charge is 0.311 e. The first-order valence-electron chi connectivity index (χ1n) is 10.9. The Bertz CT molecular complexity index is 867. The van der Waals surface area contributed by atoms with Gasteiger partial charge in [0.1, 0.15) is 5.60 Å². The Balaban J connectivity index is 1.43. The van der Waals surface area contributed by atoms with Gasteiger partial charge in [-0.05, 0) is 51.7 Å². The Hall–Kier alpha value is -1.76. The van der Waals surface area contributed by atoms with Gasteiger partial charge in [-0.3, -0.25) is 4.79 Å². The highest BCUT2D eigenvalue weighted by Crippen LogP contribution is 2.49. The van der Waals surface area contributed by atoms with Crippen LogP contribution >= 0.6 is 11.3 Å². The van der Waals surface area contributed by atoms with E-state index in [2.05, 4.69) is 41.1 Å². The fraction of sp³-hybridized carbons (Fsp3) is 0.583. The zero-order chi connectivity index (χ0) is 21.4. The fourth-order valence-corrected chi connectivity index (χ4v) is 5.30. The standard InChI is InChI=1S/C24H32N2O3S/c1-17-20-7-5-6-8-21(20)24(28-17)9-11-26(12-10-24)14-18(13-19-15-30-16-25-19)22(27)29-23(2,3)4/h5-8,15-18H,9-14H2,1-4H3. The molecule has 2 aromatic rings. The van der Waals surface area contributed by atoms with Crippen LogP contribution in [-0.2, 0) is 26.3 Å². The van der Waals surface area contributed by atoms with E-state index in [1.807, 2.05) is 31.7 Å². The van der Waals surface area contributed by atoms with Gasteiger partial charge in [0.2, 0.25) is 0 Å². The lowest BCUT2D eigenvalue weighted by Gasteiger charge is -2.40.